The summed E-state index contributed by atoms with van der Waals surface area (Å²) >= 11 is 1.38. The van der Waals surface area contributed by atoms with Crippen molar-refractivity contribution < 1.29 is 23.9 Å². The smallest absolute Gasteiger partial charge is 0.309 e. The van der Waals surface area contributed by atoms with Crippen LogP contribution in [0.25, 0.3) is 0 Å². The maximum atomic E-state index is 11.4. The van der Waals surface area contributed by atoms with Gasteiger partial charge in [0.2, 0.25) is 5.91 Å². The van der Waals surface area contributed by atoms with Crippen molar-refractivity contribution in [2.75, 3.05) is 32.3 Å². The molecule has 0 saturated carbocycles. The number of carbonyl (C=O) groups excluding carboxylic acids is 3. The Bertz CT molecular complexity index is 308. The van der Waals surface area contributed by atoms with Crippen molar-refractivity contribution in [1.82, 2.24) is 5.32 Å². The highest BCUT2D eigenvalue weighted by Gasteiger charge is 2.13. The van der Waals surface area contributed by atoms with Crippen LogP contribution in [0.1, 0.15) is 19.8 Å². The molecule has 0 fully saturated rings. The van der Waals surface area contributed by atoms with Crippen LogP contribution in [0.4, 0.5) is 0 Å². The van der Waals surface area contributed by atoms with E-state index >= 15 is 0 Å². The van der Waals surface area contributed by atoms with Gasteiger partial charge in [0.15, 0.2) is 0 Å². The third kappa shape index (κ3) is 9.35. The van der Waals surface area contributed by atoms with Gasteiger partial charge in [-0.3, -0.25) is 14.4 Å². The molecule has 1 N–H and O–H groups in total. The van der Waals surface area contributed by atoms with Crippen LogP contribution in [-0.2, 0) is 23.9 Å². The van der Waals surface area contributed by atoms with Gasteiger partial charge in [-0.05, 0) is 6.42 Å². The Kier molecular flexibility index (Phi) is 9.97. The quantitative estimate of drug-likeness (QED) is 0.495. The molecule has 0 bridgehead atoms. The highest BCUT2D eigenvalue weighted by molar-refractivity contribution is 7.99. The number of rotatable bonds is 9. The molecule has 0 rings (SSSR count). The summed E-state index contributed by atoms with van der Waals surface area (Å²) in [6.45, 7) is 2.20. The van der Waals surface area contributed by atoms with Crippen LogP contribution in [0.2, 0.25) is 0 Å². The summed E-state index contributed by atoms with van der Waals surface area (Å²) in [5, 5.41) is 2.70. The summed E-state index contributed by atoms with van der Waals surface area (Å²) in [5.74, 6) is -0.0440. The van der Waals surface area contributed by atoms with Gasteiger partial charge in [0.05, 0.1) is 25.9 Å². The van der Waals surface area contributed by atoms with Crippen LogP contribution in [0.5, 0.6) is 0 Å². The predicted octanol–water partition coefficient (Wildman–Crippen LogP) is 0.598. The zero-order chi connectivity index (χ0) is 14.7. The van der Waals surface area contributed by atoms with Crippen molar-refractivity contribution >= 4 is 29.6 Å². The number of nitrogens with one attached hydrogen (secondary N) is 1. The van der Waals surface area contributed by atoms with Crippen LogP contribution in [0, 0.1) is 5.92 Å². The third-order valence-corrected chi connectivity index (χ3v) is 3.51. The van der Waals surface area contributed by atoms with Gasteiger partial charge in [-0.1, -0.05) is 6.92 Å². The Morgan fingerprint density at radius 3 is 2.47 bits per heavy atom. The molecule has 1 unspecified atom stereocenters. The van der Waals surface area contributed by atoms with Crippen LogP contribution in [-0.4, -0.2) is 50.1 Å². The first-order chi connectivity index (χ1) is 9.01. The first kappa shape index (κ1) is 17.8. The molecular formula is C12H21NO5S. The molecule has 0 aliphatic carbocycles. The molecule has 0 spiro atoms. The molecule has 19 heavy (non-hydrogen) atoms. The lowest BCUT2D eigenvalue weighted by molar-refractivity contribution is -0.144. The maximum absolute atomic E-state index is 11.4. The van der Waals surface area contributed by atoms with E-state index in [1.165, 1.54) is 26.0 Å². The van der Waals surface area contributed by atoms with E-state index in [2.05, 4.69) is 14.8 Å². The number of methoxy groups -OCH3 is 2. The molecule has 0 aromatic rings. The van der Waals surface area contributed by atoms with Gasteiger partial charge in [-0.2, -0.15) is 11.8 Å². The minimum absolute atomic E-state index is 0.105. The van der Waals surface area contributed by atoms with Gasteiger partial charge >= 0.3 is 11.9 Å². The van der Waals surface area contributed by atoms with E-state index < -0.39 is 0 Å². The Morgan fingerprint density at radius 1 is 1.21 bits per heavy atom. The van der Waals surface area contributed by atoms with E-state index in [0.29, 0.717) is 30.9 Å². The summed E-state index contributed by atoms with van der Waals surface area (Å²) in [4.78, 5) is 33.3. The van der Waals surface area contributed by atoms with Gasteiger partial charge in [-0.15, -0.1) is 0 Å². The number of thioether (sulfide) groups is 1. The average Bonchev–Trinajstić information content (AvgIpc) is 2.42. The lowest BCUT2D eigenvalue weighted by atomic mass is 10.2. The van der Waals surface area contributed by atoms with Gasteiger partial charge in [-0.25, -0.2) is 0 Å². The zero-order valence-electron chi connectivity index (χ0n) is 11.6. The molecule has 0 aliphatic rings. The second kappa shape index (κ2) is 10.7. The molecule has 7 heteroatoms. The van der Waals surface area contributed by atoms with Crippen LogP contribution in [0.15, 0.2) is 0 Å². The van der Waals surface area contributed by atoms with Crippen molar-refractivity contribution in [3.8, 4) is 0 Å². The second-order valence-electron chi connectivity index (χ2n) is 3.97. The first-order valence-corrected chi connectivity index (χ1v) is 7.15. The standard InChI is InChI=1S/C12H21NO5S/c1-9(12(16)18-3)7-19-8-10(14)13-6-4-5-11(15)17-2/h9H,4-8H2,1-3H3,(H,13,14). The predicted molar refractivity (Wildman–Crippen MR) is 72.8 cm³/mol. The molecule has 0 aliphatic heterocycles. The Morgan fingerprint density at radius 2 is 1.89 bits per heavy atom. The second-order valence-corrected chi connectivity index (χ2v) is 5.00. The van der Waals surface area contributed by atoms with E-state index in [1.54, 1.807) is 6.92 Å². The van der Waals surface area contributed by atoms with E-state index in [-0.39, 0.29) is 23.8 Å². The fourth-order valence-electron chi connectivity index (χ4n) is 1.21. The molecule has 1 amide bonds. The van der Waals surface area contributed by atoms with Crippen molar-refractivity contribution in [3.05, 3.63) is 0 Å². The maximum Gasteiger partial charge on any atom is 0.309 e. The Labute approximate surface area is 117 Å². The lowest BCUT2D eigenvalue weighted by Crippen LogP contribution is -2.27. The van der Waals surface area contributed by atoms with Crippen LogP contribution >= 0.6 is 11.8 Å². The molecule has 110 valence electrons. The summed E-state index contributed by atoms with van der Waals surface area (Å²) in [5.41, 5.74) is 0. The topological polar surface area (TPSA) is 81.7 Å². The van der Waals surface area contributed by atoms with E-state index in [9.17, 15) is 14.4 Å². The first-order valence-electron chi connectivity index (χ1n) is 6.00. The third-order valence-electron chi connectivity index (χ3n) is 2.31. The van der Waals surface area contributed by atoms with Gasteiger partial charge < -0.3 is 14.8 Å². The number of amides is 1. The highest BCUT2D eigenvalue weighted by Crippen LogP contribution is 2.09. The normalized spacial score (nSPS) is 11.5. The van der Waals surface area contributed by atoms with Gasteiger partial charge in [0.1, 0.15) is 0 Å². The molecule has 6 nitrogen and oxygen atoms in total. The largest absolute Gasteiger partial charge is 0.469 e. The fourth-order valence-corrected chi connectivity index (χ4v) is 2.11. The molecule has 0 radical (unpaired) electrons. The van der Waals surface area contributed by atoms with Crippen LogP contribution in [0.3, 0.4) is 0 Å². The number of carbonyl (C=O) groups is 3. The lowest BCUT2D eigenvalue weighted by Gasteiger charge is -2.08. The Balaban J connectivity index is 3.55. The minimum Gasteiger partial charge on any atom is -0.469 e. The van der Waals surface area contributed by atoms with Crippen molar-refractivity contribution in [3.63, 3.8) is 0 Å². The van der Waals surface area contributed by atoms with E-state index in [1.807, 2.05) is 0 Å². The van der Waals surface area contributed by atoms with Crippen LogP contribution < -0.4 is 5.32 Å². The van der Waals surface area contributed by atoms with Crippen molar-refractivity contribution in [1.29, 1.82) is 0 Å². The van der Waals surface area contributed by atoms with Crippen molar-refractivity contribution in [2.24, 2.45) is 5.92 Å². The molecule has 1 atom stereocenters. The molecule has 0 aromatic carbocycles. The summed E-state index contributed by atoms with van der Waals surface area (Å²) in [6, 6.07) is 0. The molecule has 0 heterocycles. The average molecular weight is 291 g/mol. The summed E-state index contributed by atoms with van der Waals surface area (Å²) in [7, 11) is 2.68. The van der Waals surface area contributed by atoms with E-state index in [4.69, 9.17) is 0 Å². The molecule has 0 saturated heterocycles. The molecule has 0 aromatic heterocycles. The number of ether oxygens (including phenoxy) is 2. The minimum atomic E-state index is -0.282. The zero-order valence-corrected chi connectivity index (χ0v) is 12.4. The Hall–Kier alpha value is -1.24. The highest BCUT2D eigenvalue weighted by atomic mass is 32.2. The fraction of sp³-hybridized carbons (Fsp3) is 0.750. The van der Waals surface area contributed by atoms with Gasteiger partial charge in [0.25, 0.3) is 0 Å². The SMILES string of the molecule is COC(=O)CCCNC(=O)CSCC(C)C(=O)OC. The van der Waals surface area contributed by atoms with E-state index in [0.717, 1.165) is 0 Å². The monoisotopic (exact) mass is 291 g/mol. The summed E-state index contributed by atoms with van der Waals surface area (Å²) in [6.07, 6.45) is 0.852. The molecular weight excluding hydrogens is 270 g/mol. The van der Waals surface area contributed by atoms with Crippen molar-refractivity contribution in [2.45, 2.75) is 19.8 Å². The summed E-state index contributed by atoms with van der Waals surface area (Å²) < 4.78 is 9.07. The number of hydrogen-bond donors (Lipinski definition) is 1. The number of hydrogen-bond acceptors (Lipinski definition) is 6. The van der Waals surface area contributed by atoms with Gasteiger partial charge in [0, 0.05) is 18.7 Å². The number of esters is 2.